The van der Waals surface area contributed by atoms with Gasteiger partial charge in [-0.25, -0.2) is 8.78 Å². The highest BCUT2D eigenvalue weighted by Crippen LogP contribution is 2.19. The van der Waals surface area contributed by atoms with Crippen molar-refractivity contribution in [1.29, 1.82) is 0 Å². The molecule has 1 unspecified atom stereocenters. The van der Waals surface area contributed by atoms with E-state index in [1.54, 1.807) is 6.08 Å². The zero-order chi connectivity index (χ0) is 26.4. The van der Waals surface area contributed by atoms with Crippen molar-refractivity contribution in [2.75, 3.05) is 6.54 Å². The van der Waals surface area contributed by atoms with Gasteiger partial charge in [-0.1, -0.05) is 92.3 Å². The number of nitrogens with one attached hydrogen (secondary N) is 1. The van der Waals surface area contributed by atoms with E-state index >= 15 is 0 Å². The first kappa shape index (κ1) is 35.9. The molecule has 0 aromatic rings. The molecular weight excluding hydrogens is 416 g/mol. The van der Waals surface area contributed by atoms with Crippen molar-refractivity contribution in [2.24, 2.45) is 11.8 Å². The van der Waals surface area contributed by atoms with E-state index in [9.17, 15) is 8.78 Å². The number of hydrogen-bond donors (Lipinski definition) is 1. The average Bonchev–Trinajstić information content (AvgIpc) is 2.94. The van der Waals surface area contributed by atoms with Crippen LogP contribution in [0.2, 0.25) is 0 Å². The Labute approximate surface area is 205 Å². The summed E-state index contributed by atoms with van der Waals surface area (Å²) in [4.78, 5) is 0. The molecule has 0 amide bonds. The van der Waals surface area contributed by atoms with Gasteiger partial charge in [0.25, 0.3) is 0 Å². The number of allylic oxidation sites excluding steroid dienone is 5. The summed E-state index contributed by atoms with van der Waals surface area (Å²) >= 11 is 0. The van der Waals surface area contributed by atoms with Gasteiger partial charge in [0.05, 0.1) is 0 Å². The molecular formula is C29H53F2NO. The Morgan fingerprint density at radius 3 is 2.18 bits per heavy atom. The van der Waals surface area contributed by atoms with E-state index in [4.69, 9.17) is 4.74 Å². The molecule has 3 atom stereocenters. The summed E-state index contributed by atoms with van der Waals surface area (Å²) in [5, 5.41) is 3.40. The number of alkyl halides is 2. The molecule has 0 heterocycles. The predicted molar refractivity (Wildman–Crippen MR) is 145 cm³/mol. The van der Waals surface area contributed by atoms with Crippen LogP contribution in [0.4, 0.5) is 8.78 Å². The maximum absolute atomic E-state index is 11.0. The van der Waals surface area contributed by atoms with E-state index < -0.39 is 5.92 Å². The second kappa shape index (κ2) is 22.1. The van der Waals surface area contributed by atoms with Gasteiger partial charge in [0.15, 0.2) is 0 Å². The third kappa shape index (κ3) is 28.3. The fourth-order valence-electron chi connectivity index (χ4n) is 2.36. The first-order valence-electron chi connectivity index (χ1n) is 12.4. The van der Waals surface area contributed by atoms with E-state index in [1.165, 1.54) is 12.8 Å². The molecule has 2 nitrogen and oxygen atoms in total. The van der Waals surface area contributed by atoms with Crippen molar-refractivity contribution in [2.45, 2.75) is 107 Å². The molecule has 0 saturated carbocycles. The lowest BCUT2D eigenvalue weighted by atomic mass is 10.1. The summed E-state index contributed by atoms with van der Waals surface area (Å²) in [6.45, 7) is 27.5. The molecule has 33 heavy (non-hydrogen) atoms. The third-order valence-corrected chi connectivity index (χ3v) is 4.46. The number of halogens is 2. The lowest BCUT2D eigenvalue weighted by Gasteiger charge is -2.16. The molecule has 0 aliphatic heterocycles. The Balaban J connectivity index is -0.000000471. The van der Waals surface area contributed by atoms with Gasteiger partial charge in [-0.05, 0) is 69.7 Å². The highest BCUT2D eigenvalue weighted by Gasteiger charge is 2.10. The van der Waals surface area contributed by atoms with Crippen LogP contribution in [0.3, 0.4) is 0 Å². The van der Waals surface area contributed by atoms with Crippen molar-refractivity contribution in [1.82, 2.24) is 5.32 Å². The first-order valence-corrected chi connectivity index (χ1v) is 12.4. The largest absolute Gasteiger partial charge is 0.486 e. The van der Waals surface area contributed by atoms with Crippen molar-refractivity contribution >= 4 is 0 Å². The Morgan fingerprint density at radius 1 is 1.21 bits per heavy atom. The van der Waals surface area contributed by atoms with Crippen molar-refractivity contribution in [3.05, 3.63) is 60.9 Å². The van der Waals surface area contributed by atoms with Crippen LogP contribution in [0, 0.1) is 11.8 Å². The third-order valence-electron chi connectivity index (χ3n) is 4.46. The summed E-state index contributed by atoms with van der Waals surface area (Å²) in [6, 6.07) is 0.638. The normalized spacial score (nSPS) is 17.4. The fraction of sp³-hybridized carbons (Fsp3) is 0.655. The molecule has 1 rings (SSSR count). The molecule has 1 N–H and O–H groups in total. The van der Waals surface area contributed by atoms with Crippen LogP contribution in [-0.2, 0) is 4.74 Å². The number of rotatable bonds is 9. The summed E-state index contributed by atoms with van der Waals surface area (Å²) in [7, 11) is 0. The molecule has 0 saturated heterocycles. The van der Waals surface area contributed by atoms with Crippen LogP contribution in [0.5, 0.6) is 0 Å². The van der Waals surface area contributed by atoms with Gasteiger partial charge in [0, 0.05) is 6.04 Å². The van der Waals surface area contributed by atoms with Crippen LogP contribution in [0.1, 0.15) is 88.5 Å². The minimum atomic E-state index is -2.50. The van der Waals surface area contributed by atoms with Gasteiger partial charge in [0.2, 0.25) is 5.92 Å². The Bertz CT molecular complexity index is 565. The Kier molecular flexibility index (Phi) is 24.1. The SMILES string of the molecule is C=C/C=C(\C=C)[C@@H](C)OC1=CCCC(C)C=C1.CC.CC(C)(F)F.CC[C@@H](C)CNC(C)C. The van der Waals surface area contributed by atoms with E-state index in [-0.39, 0.29) is 6.10 Å². The molecule has 0 bridgehead atoms. The molecule has 4 heteroatoms. The molecule has 0 radical (unpaired) electrons. The van der Waals surface area contributed by atoms with Crippen molar-refractivity contribution in [3.63, 3.8) is 0 Å². The van der Waals surface area contributed by atoms with Gasteiger partial charge in [-0.2, -0.15) is 0 Å². The Hall–Kier alpha value is -1.68. The smallest absolute Gasteiger partial charge is 0.242 e. The topological polar surface area (TPSA) is 21.3 Å². The van der Waals surface area contributed by atoms with E-state index in [0.717, 1.165) is 44.1 Å². The van der Waals surface area contributed by atoms with E-state index in [0.29, 0.717) is 12.0 Å². The Morgan fingerprint density at radius 2 is 1.76 bits per heavy atom. The van der Waals surface area contributed by atoms with Gasteiger partial charge >= 0.3 is 0 Å². The standard InChI is InChI=1S/C16H22O.C8H19N.C3H6F2.C2H6/c1-5-8-15(6-2)14(4)17-16-10-7-9-13(3)11-12-16;1-5-8(4)6-9-7(2)3;1-3(2,4)5;1-2/h5-6,8,10-14H,1-2,7,9H2,3-4H3;7-9H,5-6H2,1-4H3;1-2H3;1-2H3/b15-8+;;;/t13?,14-;8-;;/m11../s1. The van der Waals surface area contributed by atoms with Crippen LogP contribution >= 0.6 is 0 Å². The lowest BCUT2D eigenvalue weighted by Crippen LogP contribution is -2.27. The van der Waals surface area contributed by atoms with Crippen LogP contribution in [-0.4, -0.2) is 24.6 Å². The average molecular weight is 470 g/mol. The van der Waals surface area contributed by atoms with E-state index in [2.05, 4.69) is 71.3 Å². The van der Waals surface area contributed by atoms with Gasteiger partial charge in [0.1, 0.15) is 11.9 Å². The van der Waals surface area contributed by atoms with Crippen LogP contribution in [0.25, 0.3) is 0 Å². The van der Waals surface area contributed by atoms with E-state index in [1.807, 2.05) is 32.9 Å². The van der Waals surface area contributed by atoms with Crippen molar-refractivity contribution in [3.8, 4) is 0 Å². The monoisotopic (exact) mass is 469 g/mol. The summed E-state index contributed by atoms with van der Waals surface area (Å²) in [5.41, 5.74) is 1.05. The zero-order valence-corrected chi connectivity index (χ0v) is 23.2. The van der Waals surface area contributed by atoms with Gasteiger partial charge in [-0.15, -0.1) is 0 Å². The quantitative estimate of drug-likeness (QED) is 0.340. The molecule has 0 fully saturated rings. The second-order valence-corrected chi connectivity index (χ2v) is 8.79. The highest BCUT2D eigenvalue weighted by atomic mass is 19.3. The first-order chi connectivity index (χ1) is 15.3. The summed E-state index contributed by atoms with van der Waals surface area (Å²) in [6.07, 6.45) is 15.5. The molecule has 0 aromatic carbocycles. The molecule has 0 spiro atoms. The van der Waals surface area contributed by atoms with Crippen molar-refractivity contribution < 1.29 is 13.5 Å². The number of hydrogen-bond acceptors (Lipinski definition) is 2. The maximum Gasteiger partial charge on any atom is 0.242 e. The molecule has 1 aliphatic carbocycles. The molecule has 194 valence electrons. The fourth-order valence-corrected chi connectivity index (χ4v) is 2.36. The zero-order valence-electron chi connectivity index (χ0n) is 23.2. The minimum Gasteiger partial charge on any atom is -0.486 e. The molecule has 1 aliphatic rings. The number of ether oxygens (including phenoxy) is 1. The predicted octanol–water partition coefficient (Wildman–Crippen LogP) is 9.28. The van der Waals surface area contributed by atoms with Gasteiger partial charge < -0.3 is 10.1 Å². The van der Waals surface area contributed by atoms with Crippen LogP contribution < -0.4 is 5.32 Å². The highest BCUT2D eigenvalue weighted by molar-refractivity contribution is 5.26. The summed E-state index contributed by atoms with van der Waals surface area (Å²) in [5.74, 6) is -0.0867. The minimum absolute atomic E-state index is 0.00908. The molecule has 0 aromatic heterocycles. The maximum atomic E-state index is 11.0. The summed E-state index contributed by atoms with van der Waals surface area (Å²) < 4.78 is 28.0. The lowest BCUT2D eigenvalue weighted by molar-refractivity contribution is 0.0437. The second-order valence-electron chi connectivity index (χ2n) is 8.79. The van der Waals surface area contributed by atoms with Gasteiger partial charge in [-0.3, -0.25) is 0 Å². The van der Waals surface area contributed by atoms with Crippen LogP contribution in [0.15, 0.2) is 60.9 Å².